The first-order chi connectivity index (χ1) is 15.5. The van der Waals surface area contributed by atoms with E-state index in [0.717, 1.165) is 5.56 Å². The van der Waals surface area contributed by atoms with Gasteiger partial charge in [0.05, 0.1) is 12.0 Å². The number of alkyl carbamates (subject to hydrolysis) is 1. The topological polar surface area (TPSA) is 84.9 Å². The average molecular weight is 478 g/mol. The SMILES string of the molecule is CC(C)(C)OC(=O)N[C@H](Cc1ccc(-c2cc(Cl)ccc2F)cc1)CC1(C(=O)O)CCOC1. The van der Waals surface area contributed by atoms with E-state index in [4.69, 9.17) is 21.1 Å². The molecule has 0 aliphatic carbocycles. The first-order valence-electron chi connectivity index (χ1n) is 10.8. The minimum Gasteiger partial charge on any atom is -0.481 e. The van der Waals surface area contributed by atoms with Crippen molar-refractivity contribution in [1.82, 2.24) is 5.32 Å². The largest absolute Gasteiger partial charge is 0.481 e. The van der Waals surface area contributed by atoms with Gasteiger partial charge in [-0.2, -0.15) is 0 Å². The van der Waals surface area contributed by atoms with Crippen LogP contribution in [0.15, 0.2) is 42.5 Å². The molecular formula is C25H29ClFNO5. The lowest BCUT2D eigenvalue weighted by Crippen LogP contribution is -2.45. The lowest BCUT2D eigenvalue weighted by Gasteiger charge is -2.29. The lowest BCUT2D eigenvalue weighted by atomic mass is 9.79. The number of carbonyl (C=O) groups excluding carboxylic acids is 1. The molecule has 0 saturated carbocycles. The summed E-state index contributed by atoms with van der Waals surface area (Å²) in [4.78, 5) is 24.5. The van der Waals surface area contributed by atoms with Crippen LogP contribution in [0.3, 0.4) is 0 Å². The van der Waals surface area contributed by atoms with Crippen LogP contribution in [0.4, 0.5) is 9.18 Å². The Bertz CT molecular complexity index is 997. The lowest BCUT2D eigenvalue weighted by molar-refractivity contribution is -0.149. The van der Waals surface area contributed by atoms with Crippen LogP contribution in [0.25, 0.3) is 11.1 Å². The molecule has 1 unspecified atom stereocenters. The highest BCUT2D eigenvalue weighted by Crippen LogP contribution is 2.35. The molecule has 2 atom stereocenters. The van der Waals surface area contributed by atoms with E-state index in [9.17, 15) is 19.1 Å². The maximum Gasteiger partial charge on any atom is 0.407 e. The van der Waals surface area contributed by atoms with Crippen molar-refractivity contribution in [3.05, 3.63) is 58.9 Å². The van der Waals surface area contributed by atoms with Crippen LogP contribution in [0, 0.1) is 11.2 Å². The number of hydrogen-bond acceptors (Lipinski definition) is 4. The highest BCUT2D eigenvalue weighted by Gasteiger charge is 2.44. The van der Waals surface area contributed by atoms with Crippen molar-refractivity contribution in [3.8, 4) is 11.1 Å². The molecule has 3 rings (SSSR count). The summed E-state index contributed by atoms with van der Waals surface area (Å²) >= 11 is 6.00. The molecule has 1 aliphatic heterocycles. The van der Waals surface area contributed by atoms with E-state index in [0.29, 0.717) is 35.6 Å². The number of hydrogen-bond donors (Lipinski definition) is 2. The van der Waals surface area contributed by atoms with Gasteiger partial charge in [0.2, 0.25) is 0 Å². The zero-order chi connectivity index (χ0) is 24.2. The molecular weight excluding hydrogens is 449 g/mol. The van der Waals surface area contributed by atoms with Crippen LogP contribution in [0.2, 0.25) is 5.02 Å². The van der Waals surface area contributed by atoms with Crippen LogP contribution < -0.4 is 5.32 Å². The van der Waals surface area contributed by atoms with Crippen molar-refractivity contribution in [3.63, 3.8) is 0 Å². The molecule has 1 saturated heterocycles. The zero-order valence-corrected chi connectivity index (χ0v) is 19.7. The van der Waals surface area contributed by atoms with Crippen LogP contribution >= 0.6 is 11.6 Å². The van der Waals surface area contributed by atoms with Gasteiger partial charge in [0.15, 0.2) is 0 Å². The highest BCUT2D eigenvalue weighted by atomic mass is 35.5. The third kappa shape index (κ3) is 6.68. The molecule has 8 heteroatoms. The Kier molecular flexibility index (Phi) is 7.65. The molecule has 1 fully saturated rings. The van der Waals surface area contributed by atoms with Gasteiger partial charge in [0.25, 0.3) is 0 Å². The number of halogens is 2. The summed E-state index contributed by atoms with van der Waals surface area (Å²) in [6.45, 7) is 5.75. The number of carboxylic acids is 1. The third-order valence-corrected chi connectivity index (χ3v) is 5.83. The molecule has 178 valence electrons. The van der Waals surface area contributed by atoms with Gasteiger partial charge in [-0.05, 0) is 69.4 Å². The molecule has 1 heterocycles. The number of amides is 1. The molecule has 6 nitrogen and oxygen atoms in total. The van der Waals surface area contributed by atoms with Crippen LogP contribution in [0.1, 0.15) is 39.2 Å². The monoisotopic (exact) mass is 477 g/mol. The minimum atomic E-state index is -1.07. The van der Waals surface area contributed by atoms with E-state index in [1.807, 2.05) is 12.1 Å². The van der Waals surface area contributed by atoms with Crippen LogP contribution in [-0.2, 0) is 20.7 Å². The Hall–Kier alpha value is -2.64. The number of ether oxygens (including phenoxy) is 2. The van der Waals surface area contributed by atoms with E-state index in [1.165, 1.54) is 12.1 Å². The molecule has 33 heavy (non-hydrogen) atoms. The van der Waals surface area contributed by atoms with E-state index in [2.05, 4.69) is 5.32 Å². The van der Waals surface area contributed by atoms with Gasteiger partial charge in [-0.15, -0.1) is 0 Å². The van der Waals surface area contributed by atoms with E-state index in [-0.39, 0.29) is 18.8 Å². The third-order valence-electron chi connectivity index (χ3n) is 5.59. The molecule has 0 radical (unpaired) electrons. The first-order valence-corrected chi connectivity index (χ1v) is 11.2. The molecule has 0 spiro atoms. The van der Waals surface area contributed by atoms with Gasteiger partial charge in [-0.1, -0.05) is 35.9 Å². The maximum atomic E-state index is 14.2. The maximum absolute atomic E-state index is 14.2. The first kappa shape index (κ1) is 25.0. The van der Waals surface area contributed by atoms with Crippen molar-refractivity contribution in [2.24, 2.45) is 5.41 Å². The summed E-state index contributed by atoms with van der Waals surface area (Å²) in [7, 11) is 0. The van der Waals surface area contributed by atoms with E-state index >= 15 is 0 Å². The zero-order valence-electron chi connectivity index (χ0n) is 19.0. The highest BCUT2D eigenvalue weighted by molar-refractivity contribution is 6.30. The molecule has 2 N–H and O–H groups in total. The van der Waals surface area contributed by atoms with Crippen LogP contribution in [-0.4, -0.2) is 42.0 Å². The standard InChI is InChI=1S/C25H29ClFNO5/c1-24(2,3)33-23(31)28-19(14-25(22(29)30)10-11-32-15-25)12-16-4-6-17(7-5-16)20-13-18(26)8-9-21(20)27/h4-9,13,19H,10-12,14-15H2,1-3H3,(H,28,31)(H,29,30)/t19-,25?/m1/s1. The number of rotatable bonds is 7. The molecule has 1 amide bonds. The smallest absolute Gasteiger partial charge is 0.407 e. The predicted octanol–water partition coefficient (Wildman–Crippen LogP) is 5.46. The van der Waals surface area contributed by atoms with E-state index in [1.54, 1.807) is 39.0 Å². The fourth-order valence-electron chi connectivity index (χ4n) is 3.97. The Balaban J connectivity index is 1.80. The van der Waals surface area contributed by atoms with Crippen LogP contribution in [0.5, 0.6) is 0 Å². The van der Waals surface area contributed by atoms with E-state index < -0.39 is 29.1 Å². The number of carboxylic acid groups (broad SMARTS) is 1. The van der Waals surface area contributed by atoms with Gasteiger partial charge in [0.1, 0.15) is 11.4 Å². The van der Waals surface area contributed by atoms with Gasteiger partial charge < -0.3 is 19.9 Å². The summed E-state index contributed by atoms with van der Waals surface area (Å²) in [5.41, 5.74) is 0.177. The minimum absolute atomic E-state index is 0.0990. The normalized spacial score (nSPS) is 19.2. The Labute approximate surface area is 198 Å². The summed E-state index contributed by atoms with van der Waals surface area (Å²) in [6.07, 6.45) is 0.352. The number of aliphatic carboxylic acids is 1. The van der Waals surface area contributed by atoms with Crippen molar-refractivity contribution >= 4 is 23.7 Å². The molecule has 1 aliphatic rings. The number of carbonyl (C=O) groups is 2. The van der Waals surface area contributed by atoms with Gasteiger partial charge >= 0.3 is 12.1 Å². The second-order valence-electron chi connectivity index (χ2n) is 9.46. The summed E-state index contributed by atoms with van der Waals surface area (Å²) in [6, 6.07) is 11.1. The van der Waals surface area contributed by atoms with Gasteiger partial charge in [-0.3, -0.25) is 4.79 Å². The van der Waals surface area contributed by atoms with Gasteiger partial charge in [-0.25, -0.2) is 9.18 Å². The fourth-order valence-corrected chi connectivity index (χ4v) is 4.14. The molecule has 0 bridgehead atoms. The Morgan fingerprint density at radius 3 is 2.52 bits per heavy atom. The van der Waals surface area contributed by atoms with Crippen molar-refractivity contribution in [1.29, 1.82) is 0 Å². The molecule has 0 aromatic heterocycles. The number of nitrogens with one attached hydrogen (secondary N) is 1. The predicted molar refractivity (Wildman–Crippen MR) is 124 cm³/mol. The van der Waals surface area contributed by atoms with Gasteiger partial charge in [0, 0.05) is 23.2 Å². The second-order valence-corrected chi connectivity index (χ2v) is 9.90. The van der Waals surface area contributed by atoms with Crippen molar-refractivity contribution < 1.29 is 28.6 Å². The quantitative estimate of drug-likeness (QED) is 0.552. The summed E-state index contributed by atoms with van der Waals surface area (Å²) < 4.78 is 25.0. The Morgan fingerprint density at radius 2 is 1.94 bits per heavy atom. The summed E-state index contributed by atoms with van der Waals surface area (Å²) in [5.74, 6) is -1.32. The number of benzene rings is 2. The summed E-state index contributed by atoms with van der Waals surface area (Å²) in [5, 5.41) is 13.1. The Morgan fingerprint density at radius 1 is 1.24 bits per heavy atom. The average Bonchev–Trinajstić information content (AvgIpc) is 3.19. The van der Waals surface area contributed by atoms with Crippen molar-refractivity contribution in [2.45, 2.75) is 51.7 Å². The molecule has 2 aromatic carbocycles. The fraction of sp³-hybridized carbons (Fsp3) is 0.440. The van der Waals surface area contributed by atoms with Crippen molar-refractivity contribution in [2.75, 3.05) is 13.2 Å². The molecule has 2 aromatic rings. The second kappa shape index (κ2) is 10.1.